The van der Waals surface area contributed by atoms with Gasteiger partial charge in [-0.05, 0) is 5.92 Å². The maximum atomic E-state index is 13.1. The second-order valence-electron chi connectivity index (χ2n) is 5.97. The van der Waals surface area contributed by atoms with Gasteiger partial charge in [-0.15, -0.1) is 0 Å². The number of nitrogens with zero attached hydrogens (tertiary/aromatic N) is 3. The normalized spacial score (nSPS) is 18.4. The SMILES string of the molecule is CC(C)C1CC(S(=O)(=O)Cc2c(C(F)(F)F)nn(C)c2OC(F)F)=NO1. The van der Waals surface area contributed by atoms with E-state index in [1.165, 1.54) is 0 Å². The molecule has 0 saturated carbocycles. The third kappa shape index (κ3) is 4.24. The van der Waals surface area contributed by atoms with Crippen LogP contribution in [0.3, 0.4) is 0 Å². The van der Waals surface area contributed by atoms with Gasteiger partial charge in [0.2, 0.25) is 5.88 Å². The van der Waals surface area contributed by atoms with Gasteiger partial charge in [0.25, 0.3) is 0 Å². The molecule has 2 rings (SSSR count). The minimum absolute atomic E-state index is 0.0756. The zero-order chi connectivity index (χ0) is 19.9. The third-order valence-electron chi connectivity index (χ3n) is 3.66. The highest BCUT2D eigenvalue weighted by atomic mass is 32.2. The molecule has 26 heavy (non-hydrogen) atoms. The van der Waals surface area contributed by atoms with Crippen LogP contribution >= 0.6 is 0 Å². The first-order valence-corrected chi connectivity index (χ1v) is 9.01. The van der Waals surface area contributed by atoms with Crippen LogP contribution in [0.2, 0.25) is 0 Å². The summed E-state index contributed by atoms with van der Waals surface area (Å²) in [6.07, 6.45) is -5.71. The van der Waals surface area contributed by atoms with Crippen LogP contribution in [-0.4, -0.2) is 36.0 Å². The number of rotatable bonds is 5. The van der Waals surface area contributed by atoms with Gasteiger partial charge in [0, 0.05) is 13.5 Å². The summed E-state index contributed by atoms with van der Waals surface area (Å²) >= 11 is 0. The van der Waals surface area contributed by atoms with Gasteiger partial charge >= 0.3 is 12.8 Å². The first kappa shape index (κ1) is 20.4. The molecule has 0 fully saturated rings. The third-order valence-corrected chi connectivity index (χ3v) is 5.29. The Labute approximate surface area is 145 Å². The van der Waals surface area contributed by atoms with Crippen molar-refractivity contribution in [1.29, 1.82) is 0 Å². The molecule has 1 aliphatic heterocycles. The predicted molar refractivity (Wildman–Crippen MR) is 79.2 cm³/mol. The van der Waals surface area contributed by atoms with Crippen molar-refractivity contribution in [3.05, 3.63) is 11.3 Å². The molecule has 0 radical (unpaired) electrons. The van der Waals surface area contributed by atoms with Gasteiger partial charge in [0.05, 0.1) is 11.3 Å². The van der Waals surface area contributed by atoms with Crippen LogP contribution in [-0.2, 0) is 33.7 Å². The number of aromatic nitrogens is 2. The number of ether oxygens (including phenoxy) is 1. The molecule has 0 saturated heterocycles. The Morgan fingerprint density at radius 1 is 1.35 bits per heavy atom. The van der Waals surface area contributed by atoms with Crippen LogP contribution in [0.1, 0.15) is 31.5 Å². The smallest absolute Gasteiger partial charge is 0.417 e. The molecule has 0 N–H and O–H groups in total. The first-order chi connectivity index (χ1) is 11.8. The Hall–Kier alpha value is -1.92. The topological polar surface area (TPSA) is 82.8 Å². The zero-order valence-corrected chi connectivity index (χ0v) is 14.7. The Bertz CT molecular complexity index is 801. The van der Waals surface area contributed by atoms with E-state index < -0.39 is 56.7 Å². The van der Waals surface area contributed by atoms with Crippen molar-refractivity contribution >= 4 is 14.9 Å². The van der Waals surface area contributed by atoms with Crippen molar-refractivity contribution in [3.8, 4) is 5.88 Å². The van der Waals surface area contributed by atoms with Gasteiger partial charge in [0.15, 0.2) is 20.6 Å². The molecule has 1 atom stereocenters. The van der Waals surface area contributed by atoms with Gasteiger partial charge < -0.3 is 9.57 Å². The Kier molecular flexibility index (Phi) is 5.49. The number of aryl methyl sites for hydroxylation is 1. The predicted octanol–water partition coefficient (Wildman–Crippen LogP) is 2.71. The molecule has 1 aromatic heterocycles. The summed E-state index contributed by atoms with van der Waals surface area (Å²) in [6, 6.07) is 0. The molecule has 2 heterocycles. The molecular weight excluding hydrogens is 389 g/mol. The summed E-state index contributed by atoms with van der Waals surface area (Å²) in [4.78, 5) is 4.96. The van der Waals surface area contributed by atoms with Crippen molar-refractivity contribution in [2.24, 2.45) is 18.1 Å². The standard InChI is InChI=1S/C13H16F5N3O4S/c1-6(2)8-4-9(20-25-8)26(22,23)5-7-10(13(16,17)18)19-21(3)11(7)24-12(14)15/h6,8,12H,4-5H2,1-3H3. The van der Waals surface area contributed by atoms with Crippen molar-refractivity contribution in [2.75, 3.05) is 0 Å². The largest absolute Gasteiger partial charge is 0.435 e. The zero-order valence-electron chi connectivity index (χ0n) is 13.9. The van der Waals surface area contributed by atoms with E-state index in [4.69, 9.17) is 4.84 Å². The lowest BCUT2D eigenvalue weighted by molar-refractivity contribution is -0.142. The number of oxime groups is 1. The second kappa shape index (κ2) is 7.00. The molecule has 1 aromatic rings. The molecule has 0 spiro atoms. The highest BCUT2D eigenvalue weighted by Gasteiger charge is 2.42. The van der Waals surface area contributed by atoms with E-state index in [-0.39, 0.29) is 12.3 Å². The molecular formula is C13H16F5N3O4S. The van der Waals surface area contributed by atoms with Gasteiger partial charge in [-0.1, -0.05) is 19.0 Å². The van der Waals surface area contributed by atoms with E-state index in [2.05, 4.69) is 15.0 Å². The lowest BCUT2D eigenvalue weighted by Crippen LogP contribution is -2.22. The quantitative estimate of drug-likeness (QED) is 0.704. The molecule has 1 aliphatic rings. The maximum Gasteiger partial charge on any atom is 0.435 e. The minimum atomic E-state index is -5.05. The average Bonchev–Trinajstić information content (AvgIpc) is 3.07. The van der Waals surface area contributed by atoms with Crippen LogP contribution in [0.4, 0.5) is 22.0 Å². The van der Waals surface area contributed by atoms with Gasteiger partial charge in [-0.3, -0.25) is 0 Å². The monoisotopic (exact) mass is 405 g/mol. The van der Waals surface area contributed by atoms with E-state index in [0.29, 0.717) is 4.68 Å². The fraction of sp³-hybridized carbons (Fsp3) is 0.692. The molecule has 0 amide bonds. The fourth-order valence-corrected chi connectivity index (χ4v) is 3.71. The van der Waals surface area contributed by atoms with E-state index >= 15 is 0 Å². The molecule has 1 unspecified atom stereocenters. The Balaban J connectivity index is 2.41. The lowest BCUT2D eigenvalue weighted by Gasteiger charge is -2.11. The summed E-state index contributed by atoms with van der Waals surface area (Å²) in [7, 11) is -3.42. The molecule has 7 nitrogen and oxygen atoms in total. The number of halogens is 5. The van der Waals surface area contributed by atoms with Crippen molar-refractivity contribution in [1.82, 2.24) is 9.78 Å². The first-order valence-electron chi connectivity index (χ1n) is 7.36. The fourth-order valence-electron chi connectivity index (χ4n) is 2.33. The lowest BCUT2D eigenvalue weighted by atomic mass is 10.1. The van der Waals surface area contributed by atoms with Crippen molar-refractivity contribution in [3.63, 3.8) is 0 Å². The summed E-state index contributed by atoms with van der Waals surface area (Å²) in [6.45, 7) is 0.0610. The summed E-state index contributed by atoms with van der Waals surface area (Å²) in [5.74, 6) is -2.30. The highest BCUT2D eigenvalue weighted by molar-refractivity contribution is 8.05. The molecule has 0 aromatic carbocycles. The number of alkyl halides is 5. The van der Waals surface area contributed by atoms with Crippen LogP contribution in [0.25, 0.3) is 0 Å². The Morgan fingerprint density at radius 3 is 2.42 bits per heavy atom. The summed E-state index contributed by atoms with van der Waals surface area (Å²) < 4.78 is 93.8. The number of hydrogen-bond acceptors (Lipinski definition) is 6. The van der Waals surface area contributed by atoms with E-state index in [0.717, 1.165) is 7.05 Å². The highest BCUT2D eigenvalue weighted by Crippen LogP contribution is 2.37. The average molecular weight is 405 g/mol. The molecule has 13 heteroatoms. The minimum Gasteiger partial charge on any atom is -0.417 e. The molecule has 0 bridgehead atoms. The number of sulfone groups is 1. The second-order valence-corrected chi connectivity index (χ2v) is 7.96. The number of hydrogen-bond donors (Lipinski definition) is 0. The molecule has 0 aliphatic carbocycles. The summed E-state index contributed by atoms with van der Waals surface area (Å²) in [5, 5.41) is 6.07. The van der Waals surface area contributed by atoms with Crippen molar-refractivity contribution < 1.29 is 39.9 Å². The van der Waals surface area contributed by atoms with Crippen LogP contribution in [0.15, 0.2) is 5.16 Å². The van der Waals surface area contributed by atoms with Gasteiger partial charge in [0.1, 0.15) is 6.10 Å². The van der Waals surface area contributed by atoms with Crippen molar-refractivity contribution in [2.45, 2.75) is 44.9 Å². The van der Waals surface area contributed by atoms with Crippen LogP contribution in [0, 0.1) is 5.92 Å². The van der Waals surface area contributed by atoms with Crippen LogP contribution in [0.5, 0.6) is 5.88 Å². The van der Waals surface area contributed by atoms with Gasteiger partial charge in [-0.2, -0.15) is 27.1 Å². The van der Waals surface area contributed by atoms with Gasteiger partial charge in [-0.25, -0.2) is 13.1 Å². The molecule has 148 valence electrons. The van der Waals surface area contributed by atoms with E-state index in [1.54, 1.807) is 13.8 Å². The van der Waals surface area contributed by atoms with E-state index in [1.807, 2.05) is 0 Å². The Morgan fingerprint density at radius 2 is 1.96 bits per heavy atom. The van der Waals surface area contributed by atoms with E-state index in [9.17, 15) is 30.4 Å². The maximum absolute atomic E-state index is 13.1. The summed E-state index contributed by atoms with van der Waals surface area (Å²) in [5.41, 5.74) is -2.62. The van der Waals surface area contributed by atoms with Crippen LogP contribution < -0.4 is 4.74 Å².